The summed E-state index contributed by atoms with van der Waals surface area (Å²) < 4.78 is 0. The van der Waals surface area contributed by atoms with Crippen molar-refractivity contribution in [2.24, 2.45) is 11.5 Å². The molecule has 10 heteroatoms. The van der Waals surface area contributed by atoms with E-state index in [2.05, 4.69) is 21.3 Å². The second kappa shape index (κ2) is 20.3. The Bertz CT molecular complexity index is 1500. The van der Waals surface area contributed by atoms with Crippen LogP contribution in [-0.4, -0.2) is 60.9 Å². The molecule has 4 aromatic carbocycles. The first-order valence-electron chi connectivity index (χ1n) is 17.1. The number of rotatable bonds is 19. The van der Waals surface area contributed by atoms with Crippen molar-refractivity contribution in [1.82, 2.24) is 21.3 Å². The lowest BCUT2D eigenvalue weighted by Gasteiger charge is -2.22. The normalized spacial score (nSPS) is 13.2. The number of carbonyl (C=O) groups is 4. The maximum absolute atomic E-state index is 13.3. The molecule has 0 aliphatic carbocycles. The molecule has 0 radical (unpaired) electrons. The lowest BCUT2D eigenvalue weighted by molar-refractivity contribution is -0.129. The van der Waals surface area contributed by atoms with Crippen molar-refractivity contribution in [1.29, 1.82) is 0 Å². The summed E-state index contributed by atoms with van der Waals surface area (Å²) in [5.41, 5.74) is 16.1. The maximum atomic E-state index is 13.3. The van der Waals surface area contributed by atoms with Gasteiger partial charge in [0.1, 0.15) is 12.1 Å². The van der Waals surface area contributed by atoms with Gasteiger partial charge in [0, 0.05) is 25.9 Å². The fourth-order valence-electron chi connectivity index (χ4n) is 5.52. The highest BCUT2D eigenvalue weighted by atomic mass is 16.2. The van der Waals surface area contributed by atoms with Crippen molar-refractivity contribution in [2.75, 3.05) is 13.1 Å². The molecule has 10 nitrogen and oxygen atoms in total. The zero-order chi connectivity index (χ0) is 35.6. The molecule has 4 aromatic rings. The fourth-order valence-corrected chi connectivity index (χ4v) is 5.52. The molecule has 0 saturated carbocycles. The summed E-state index contributed by atoms with van der Waals surface area (Å²) in [4.78, 5) is 52.5. The molecule has 8 N–H and O–H groups in total. The first-order chi connectivity index (χ1) is 24.3. The van der Waals surface area contributed by atoms with Crippen molar-refractivity contribution in [2.45, 2.75) is 62.7 Å². The molecule has 50 heavy (non-hydrogen) atoms. The van der Waals surface area contributed by atoms with Gasteiger partial charge in [0.25, 0.3) is 0 Å². The predicted octanol–water partition coefficient (Wildman–Crippen LogP) is 2.59. The van der Waals surface area contributed by atoms with Crippen LogP contribution in [0.15, 0.2) is 121 Å². The molecule has 0 aliphatic rings. The van der Waals surface area contributed by atoms with Gasteiger partial charge in [-0.1, -0.05) is 121 Å². The van der Waals surface area contributed by atoms with Gasteiger partial charge in [-0.05, 0) is 47.9 Å². The van der Waals surface area contributed by atoms with Gasteiger partial charge < -0.3 is 32.7 Å². The van der Waals surface area contributed by atoms with E-state index in [0.717, 1.165) is 22.3 Å². The Morgan fingerprint density at radius 3 is 1.00 bits per heavy atom. The average molecular weight is 677 g/mol. The molecule has 0 spiro atoms. The van der Waals surface area contributed by atoms with E-state index in [1.165, 1.54) is 0 Å². The van der Waals surface area contributed by atoms with Crippen molar-refractivity contribution in [3.8, 4) is 0 Å². The summed E-state index contributed by atoms with van der Waals surface area (Å²) in [6.45, 7) is 0.703. The highest BCUT2D eigenvalue weighted by Crippen LogP contribution is 2.08. The van der Waals surface area contributed by atoms with Crippen LogP contribution in [0.2, 0.25) is 0 Å². The van der Waals surface area contributed by atoms with E-state index < -0.39 is 36.0 Å². The third-order valence-corrected chi connectivity index (χ3v) is 8.30. The summed E-state index contributed by atoms with van der Waals surface area (Å²) in [5.74, 6) is -1.41. The maximum Gasteiger partial charge on any atom is 0.242 e. The fraction of sp³-hybridized carbons (Fsp3) is 0.300. The number of carbonyl (C=O) groups excluding carboxylic acids is 4. The molecule has 0 saturated heterocycles. The van der Waals surface area contributed by atoms with E-state index in [-0.39, 0.29) is 11.8 Å². The second-order valence-corrected chi connectivity index (χ2v) is 12.4. The van der Waals surface area contributed by atoms with Gasteiger partial charge >= 0.3 is 0 Å². The number of hydrogen-bond donors (Lipinski definition) is 6. The molecular formula is C40H48N6O4. The summed E-state index contributed by atoms with van der Waals surface area (Å²) in [6.07, 6.45) is 2.52. The zero-order valence-electron chi connectivity index (χ0n) is 28.3. The Labute approximate surface area is 294 Å². The van der Waals surface area contributed by atoms with Crippen LogP contribution in [0.3, 0.4) is 0 Å². The predicted molar refractivity (Wildman–Crippen MR) is 196 cm³/mol. The SMILES string of the molecule is N[C@H](Cc1ccccc1)C(=O)N[C@H](Cc1ccccc1)C(=O)NCCCCNC(=O)[C@@H](Cc1ccccc1)NC(=O)[C@H](N)Cc1ccccc1. The van der Waals surface area contributed by atoms with E-state index >= 15 is 0 Å². The molecular weight excluding hydrogens is 628 g/mol. The third kappa shape index (κ3) is 12.9. The minimum atomic E-state index is -0.804. The van der Waals surface area contributed by atoms with Crippen LogP contribution in [0.4, 0.5) is 0 Å². The number of hydrogen-bond acceptors (Lipinski definition) is 6. The van der Waals surface area contributed by atoms with Crippen LogP contribution in [0, 0.1) is 0 Å². The van der Waals surface area contributed by atoms with Crippen LogP contribution < -0.4 is 32.7 Å². The third-order valence-electron chi connectivity index (χ3n) is 8.30. The first-order valence-corrected chi connectivity index (χ1v) is 17.1. The van der Waals surface area contributed by atoms with Gasteiger partial charge in [0.15, 0.2) is 0 Å². The zero-order valence-corrected chi connectivity index (χ0v) is 28.3. The minimum Gasteiger partial charge on any atom is -0.354 e. The summed E-state index contributed by atoms with van der Waals surface area (Å²) in [6, 6.07) is 34.7. The molecule has 0 unspecified atom stereocenters. The molecule has 262 valence electrons. The first kappa shape index (κ1) is 37.5. The van der Waals surface area contributed by atoms with Crippen LogP contribution in [-0.2, 0) is 44.9 Å². The second-order valence-electron chi connectivity index (χ2n) is 12.4. The van der Waals surface area contributed by atoms with Crippen molar-refractivity contribution in [3.63, 3.8) is 0 Å². The molecule has 0 aliphatic heterocycles. The summed E-state index contributed by atoms with van der Waals surface area (Å²) >= 11 is 0. The average Bonchev–Trinajstić information content (AvgIpc) is 3.13. The lowest BCUT2D eigenvalue weighted by atomic mass is 10.0. The monoisotopic (exact) mass is 676 g/mol. The number of nitrogens with one attached hydrogen (secondary N) is 4. The largest absolute Gasteiger partial charge is 0.354 e. The topological polar surface area (TPSA) is 168 Å². The van der Waals surface area contributed by atoms with Crippen LogP contribution in [0.5, 0.6) is 0 Å². The van der Waals surface area contributed by atoms with Gasteiger partial charge in [0.05, 0.1) is 12.1 Å². The molecule has 4 amide bonds. The van der Waals surface area contributed by atoms with E-state index in [4.69, 9.17) is 11.5 Å². The molecule has 0 fully saturated rings. The Kier molecular flexibility index (Phi) is 15.2. The Morgan fingerprint density at radius 2 is 0.700 bits per heavy atom. The molecule has 0 heterocycles. The standard InChI is InChI=1S/C40H48N6O4/c41-33(25-29-15-5-1-6-16-29)37(47)45-35(27-31-19-9-3-10-20-31)39(49)43-23-13-14-24-44-40(50)36(28-32-21-11-4-12-22-32)46-38(48)34(42)26-30-17-7-2-8-18-30/h1-12,15-22,33-36H,13-14,23-28,41-42H2,(H,43,49)(H,44,50)(H,45,47)(H,46,48)/t33-,34-,35-,36-/m1/s1. The van der Waals surface area contributed by atoms with E-state index in [1.54, 1.807) is 0 Å². The van der Waals surface area contributed by atoms with E-state index in [9.17, 15) is 19.2 Å². The van der Waals surface area contributed by atoms with Gasteiger partial charge in [-0.25, -0.2) is 0 Å². The molecule has 0 aromatic heterocycles. The van der Waals surface area contributed by atoms with Gasteiger partial charge in [-0.2, -0.15) is 0 Å². The Balaban J connectivity index is 1.25. The number of benzene rings is 4. The highest BCUT2D eigenvalue weighted by molar-refractivity contribution is 5.90. The Hall–Kier alpha value is -5.32. The number of nitrogens with two attached hydrogens (primary N) is 2. The van der Waals surface area contributed by atoms with Crippen LogP contribution >= 0.6 is 0 Å². The lowest BCUT2D eigenvalue weighted by Crippen LogP contribution is -2.53. The van der Waals surface area contributed by atoms with Gasteiger partial charge in [-0.3, -0.25) is 19.2 Å². The smallest absolute Gasteiger partial charge is 0.242 e. The number of amides is 4. The van der Waals surface area contributed by atoms with E-state index in [1.807, 2.05) is 121 Å². The number of unbranched alkanes of at least 4 members (excludes halogenated alkanes) is 1. The van der Waals surface area contributed by atoms with Crippen molar-refractivity contribution >= 4 is 23.6 Å². The van der Waals surface area contributed by atoms with Gasteiger partial charge in [0.2, 0.25) is 23.6 Å². The van der Waals surface area contributed by atoms with Gasteiger partial charge in [-0.15, -0.1) is 0 Å². The molecule has 0 bridgehead atoms. The Morgan fingerprint density at radius 1 is 0.420 bits per heavy atom. The van der Waals surface area contributed by atoms with Crippen molar-refractivity contribution < 1.29 is 19.2 Å². The summed E-state index contributed by atoms with van der Waals surface area (Å²) in [5, 5.41) is 11.5. The summed E-state index contributed by atoms with van der Waals surface area (Å²) in [7, 11) is 0. The molecule has 4 rings (SSSR count). The minimum absolute atomic E-state index is 0.310. The molecule has 4 atom stereocenters. The van der Waals surface area contributed by atoms with Crippen LogP contribution in [0.25, 0.3) is 0 Å². The van der Waals surface area contributed by atoms with E-state index in [0.29, 0.717) is 51.6 Å². The van der Waals surface area contributed by atoms with Crippen LogP contribution in [0.1, 0.15) is 35.1 Å². The highest BCUT2D eigenvalue weighted by Gasteiger charge is 2.26. The quantitative estimate of drug-likeness (QED) is 0.0835. The van der Waals surface area contributed by atoms with Crippen molar-refractivity contribution in [3.05, 3.63) is 144 Å².